The van der Waals surface area contributed by atoms with E-state index in [1.54, 1.807) is 0 Å². The highest BCUT2D eigenvalue weighted by Crippen LogP contribution is 2.39. The van der Waals surface area contributed by atoms with Crippen LogP contribution in [-0.2, 0) is 23.2 Å². The van der Waals surface area contributed by atoms with Gasteiger partial charge in [-0.3, -0.25) is 14.2 Å². The molecule has 0 saturated carbocycles. The molecule has 1 unspecified atom stereocenters. The average Bonchev–Trinajstić information content (AvgIpc) is 3.12. The highest BCUT2D eigenvalue weighted by molar-refractivity contribution is 7.45. The van der Waals surface area contributed by atoms with Gasteiger partial charge in [-0.1, -0.05) is 141 Å². The molecule has 0 fully saturated rings. The van der Waals surface area contributed by atoms with Crippen LogP contribution in [-0.4, -0.2) is 78.9 Å². The van der Waals surface area contributed by atoms with Gasteiger partial charge in [0.2, 0.25) is 5.60 Å². The van der Waals surface area contributed by atoms with Gasteiger partial charge in [0.1, 0.15) is 19.3 Å². The summed E-state index contributed by atoms with van der Waals surface area (Å²) in [5.74, 6) is -1.58. The van der Waals surface area contributed by atoms with E-state index in [2.05, 4.69) is 38.2 Å². The minimum Gasteiger partial charge on any atom is -0.756 e. The van der Waals surface area contributed by atoms with Gasteiger partial charge in [-0.25, -0.2) is 0 Å². The minimum atomic E-state index is -4.83. The van der Waals surface area contributed by atoms with Crippen LogP contribution in [0.25, 0.3) is 0 Å². The Morgan fingerprint density at radius 2 is 0.944 bits per heavy atom. The number of ketones is 2. The van der Waals surface area contributed by atoms with Gasteiger partial charge in [-0.05, 0) is 64.2 Å². The van der Waals surface area contributed by atoms with Crippen molar-refractivity contribution in [2.75, 3.05) is 40.9 Å². The van der Waals surface area contributed by atoms with Gasteiger partial charge in [0.15, 0.2) is 11.6 Å². The number of phosphoric ester groups is 1. The predicted octanol–water partition coefficient (Wildman–Crippen LogP) is 10.5. The van der Waals surface area contributed by atoms with Crippen molar-refractivity contribution >= 4 is 19.4 Å². The molecule has 0 aromatic rings. The number of likely N-dealkylation sites (N-methyl/N-ethyl adjacent to an activating group) is 1. The van der Waals surface area contributed by atoms with Crippen LogP contribution in [0.1, 0.15) is 194 Å². The number of allylic oxidation sites excluding steroid dienone is 4. The lowest BCUT2D eigenvalue weighted by Gasteiger charge is -2.32. The van der Waals surface area contributed by atoms with E-state index in [1.165, 1.54) is 77.0 Å². The summed E-state index contributed by atoms with van der Waals surface area (Å²) in [6.07, 6.45) is 35.4. The van der Waals surface area contributed by atoms with Crippen LogP contribution in [0.2, 0.25) is 0 Å². The number of phosphoric acid groups is 1. The Labute approximate surface area is 332 Å². The first kappa shape index (κ1) is 52.8. The molecule has 318 valence electrons. The van der Waals surface area contributed by atoms with Crippen molar-refractivity contribution in [2.45, 2.75) is 205 Å². The Bertz CT molecular complexity index is 973. The molecule has 0 bridgehead atoms. The van der Waals surface area contributed by atoms with Gasteiger partial charge < -0.3 is 28.6 Å². The van der Waals surface area contributed by atoms with E-state index < -0.39 is 37.7 Å². The molecule has 10 heteroatoms. The third kappa shape index (κ3) is 30.0. The summed E-state index contributed by atoms with van der Waals surface area (Å²) in [6, 6.07) is 0. The number of aliphatic hydroxyl groups is 2. The van der Waals surface area contributed by atoms with Crippen molar-refractivity contribution < 1.29 is 42.8 Å². The third-order valence-electron chi connectivity index (χ3n) is 10.1. The summed E-state index contributed by atoms with van der Waals surface area (Å²) >= 11 is 0. The average molecular weight is 786 g/mol. The fraction of sp³-hybridized carbons (Fsp3) is 0.864. The molecule has 0 heterocycles. The lowest BCUT2D eigenvalue weighted by atomic mass is 9.82. The molecule has 0 spiro atoms. The largest absolute Gasteiger partial charge is 0.756 e. The van der Waals surface area contributed by atoms with Gasteiger partial charge in [0.25, 0.3) is 7.82 Å². The first-order chi connectivity index (χ1) is 25.8. The zero-order chi connectivity index (χ0) is 40.4. The third-order valence-corrected chi connectivity index (χ3v) is 11.0. The molecule has 0 saturated heterocycles. The molecule has 54 heavy (non-hydrogen) atoms. The molecular formula is C44H84NO8P. The van der Waals surface area contributed by atoms with Crippen molar-refractivity contribution in [2.24, 2.45) is 0 Å². The van der Waals surface area contributed by atoms with Crippen molar-refractivity contribution in [3.05, 3.63) is 24.3 Å². The Kier molecular flexibility index (Phi) is 33.2. The summed E-state index contributed by atoms with van der Waals surface area (Å²) in [4.78, 5) is 39.1. The molecule has 0 amide bonds. The number of hydrogen-bond donors (Lipinski definition) is 2. The van der Waals surface area contributed by atoms with Crippen LogP contribution in [0.4, 0.5) is 0 Å². The second-order valence-electron chi connectivity index (χ2n) is 16.4. The highest BCUT2D eigenvalue weighted by atomic mass is 31.2. The monoisotopic (exact) mass is 786 g/mol. The minimum absolute atomic E-state index is 0.0845. The number of Topliss-reactive ketones (excluding diaryl/α,β-unsaturated/α-hetero) is 2. The fourth-order valence-electron chi connectivity index (χ4n) is 6.37. The van der Waals surface area contributed by atoms with E-state index in [1.807, 2.05) is 21.1 Å². The van der Waals surface area contributed by atoms with Crippen molar-refractivity contribution in [1.82, 2.24) is 0 Å². The number of aliphatic hydroxyl groups excluding tert-OH is 1. The van der Waals surface area contributed by atoms with E-state index >= 15 is 0 Å². The van der Waals surface area contributed by atoms with Gasteiger partial charge in [-0.15, -0.1) is 0 Å². The molecule has 0 radical (unpaired) electrons. The number of rotatable bonds is 40. The first-order valence-electron chi connectivity index (χ1n) is 22.0. The van der Waals surface area contributed by atoms with E-state index in [0.717, 1.165) is 77.0 Å². The molecule has 2 N–H and O–H groups in total. The first-order valence-corrected chi connectivity index (χ1v) is 23.4. The maximum atomic E-state index is 13.4. The topological polar surface area (TPSA) is 133 Å². The molecule has 0 aliphatic carbocycles. The Balaban J connectivity index is 4.78. The van der Waals surface area contributed by atoms with E-state index in [0.29, 0.717) is 23.9 Å². The zero-order valence-electron chi connectivity index (χ0n) is 35.5. The van der Waals surface area contributed by atoms with Crippen LogP contribution in [0.3, 0.4) is 0 Å². The van der Waals surface area contributed by atoms with E-state index in [-0.39, 0.29) is 19.4 Å². The lowest BCUT2D eigenvalue weighted by molar-refractivity contribution is -0.870. The second kappa shape index (κ2) is 33.9. The smallest absolute Gasteiger partial charge is 0.268 e. The number of unbranched alkanes of at least 4 members (excludes halogenated alkanes) is 22. The number of quaternary nitrogens is 1. The summed E-state index contributed by atoms with van der Waals surface area (Å²) in [5, 5.41) is 22.4. The van der Waals surface area contributed by atoms with Gasteiger partial charge in [0, 0.05) is 12.8 Å². The maximum absolute atomic E-state index is 13.4. The molecule has 0 aliphatic heterocycles. The van der Waals surface area contributed by atoms with Crippen LogP contribution >= 0.6 is 7.82 Å². The summed E-state index contributed by atoms with van der Waals surface area (Å²) in [6.45, 7) is 3.79. The van der Waals surface area contributed by atoms with Gasteiger partial charge in [-0.2, -0.15) is 0 Å². The van der Waals surface area contributed by atoms with Gasteiger partial charge in [0.05, 0.1) is 27.7 Å². The van der Waals surface area contributed by atoms with E-state index in [4.69, 9.17) is 9.05 Å². The van der Waals surface area contributed by atoms with Crippen LogP contribution in [0, 0.1) is 0 Å². The number of carbonyl (C=O) groups is 2. The standard InChI is InChI=1S/C44H84NO8P/c1-6-8-10-12-14-16-18-20-22-24-26-28-30-32-34-36-41(46)44(49,43(48)40-53-54(50,51)52-39-38-45(3,4)5)42(47)37-35-33-31-29-27-25-23-21-19-17-15-13-11-9-7-2/h20-23,43,48-49H,6-19,24-40H2,1-5H3/b22-20-,23-21-/t43-/m0/s1. The predicted molar refractivity (Wildman–Crippen MR) is 222 cm³/mol. The molecule has 9 nitrogen and oxygen atoms in total. The van der Waals surface area contributed by atoms with Crippen LogP contribution in [0.15, 0.2) is 24.3 Å². The number of hydrogen-bond acceptors (Lipinski definition) is 8. The number of carbonyl (C=O) groups excluding carboxylic acids is 2. The Morgan fingerprint density at radius 1 is 0.611 bits per heavy atom. The second-order valence-corrected chi connectivity index (χ2v) is 17.8. The van der Waals surface area contributed by atoms with Gasteiger partial charge >= 0.3 is 0 Å². The Hall–Kier alpha value is -1.19. The van der Waals surface area contributed by atoms with Crippen molar-refractivity contribution in [1.29, 1.82) is 0 Å². The summed E-state index contributed by atoms with van der Waals surface area (Å²) < 4.78 is 22.6. The molecule has 2 atom stereocenters. The molecule has 0 aromatic carbocycles. The quantitative estimate of drug-likeness (QED) is 0.0206. The molecular weight excluding hydrogens is 701 g/mol. The number of nitrogens with zero attached hydrogens (tertiary/aromatic N) is 1. The summed E-state index contributed by atoms with van der Waals surface area (Å²) in [7, 11) is 0.813. The highest BCUT2D eigenvalue weighted by Gasteiger charge is 2.49. The Morgan fingerprint density at radius 3 is 1.30 bits per heavy atom. The van der Waals surface area contributed by atoms with Crippen molar-refractivity contribution in [3.63, 3.8) is 0 Å². The van der Waals surface area contributed by atoms with Crippen molar-refractivity contribution in [3.8, 4) is 0 Å². The summed E-state index contributed by atoms with van der Waals surface area (Å²) in [5.41, 5.74) is -2.73. The molecule has 0 aliphatic rings. The van der Waals surface area contributed by atoms with E-state index in [9.17, 15) is 29.3 Å². The SMILES string of the molecule is CCCCCCCC/C=C\CCCCCCCC(=O)C(O)(C(=O)CCCCCCC/C=C\CCCCCCCC)[C@@H](O)COP(=O)([O-])OCC[N+](C)(C)C. The fourth-order valence-corrected chi connectivity index (χ4v) is 7.07. The molecule has 0 aromatic heterocycles. The van der Waals surface area contributed by atoms with Crippen LogP contribution < -0.4 is 4.89 Å². The molecule has 0 rings (SSSR count). The normalized spacial score (nSPS) is 14.3. The zero-order valence-corrected chi connectivity index (χ0v) is 36.4. The maximum Gasteiger partial charge on any atom is 0.268 e. The van der Waals surface area contributed by atoms with Crippen LogP contribution in [0.5, 0.6) is 0 Å². The lowest BCUT2D eigenvalue weighted by Crippen LogP contribution is -2.57.